The number of anilines is 1. The van der Waals surface area contributed by atoms with Gasteiger partial charge in [-0.2, -0.15) is 5.10 Å². The fraction of sp³-hybridized carbons (Fsp3) is 0.375. The van der Waals surface area contributed by atoms with Gasteiger partial charge in [0.1, 0.15) is 11.9 Å². The highest BCUT2D eigenvalue weighted by Crippen LogP contribution is 2.22. The zero-order valence-corrected chi connectivity index (χ0v) is 13.9. The lowest BCUT2D eigenvalue weighted by Crippen LogP contribution is -2.52. The molecule has 0 radical (unpaired) electrons. The Kier molecular flexibility index (Phi) is 4.30. The minimum absolute atomic E-state index is 0.140. The zero-order valence-electron chi connectivity index (χ0n) is 13.9. The van der Waals surface area contributed by atoms with E-state index in [9.17, 15) is 14.4 Å². The molecule has 3 heterocycles. The molecule has 2 N–H and O–H groups in total. The first-order chi connectivity index (χ1) is 11.9. The second kappa shape index (κ2) is 6.42. The number of piperidine rings is 1. The number of hydrogen-bond acceptors (Lipinski definition) is 5. The average Bonchev–Trinajstić information content (AvgIpc) is 3.16. The molecule has 0 aliphatic carbocycles. The van der Waals surface area contributed by atoms with Crippen LogP contribution in [0.4, 0.5) is 5.82 Å². The number of aromatic carboxylic acids is 1. The summed E-state index contributed by atoms with van der Waals surface area (Å²) >= 11 is 0. The second-order valence-corrected chi connectivity index (χ2v) is 5.89. The van der Waals surface area contributed by atoms with Crippen molar-refractivity contribution in [2.75, 3.05) is 11.4 Å². The molecular formula is C16H18N4O5. The van der Waals surface area contributed by atoms with Crippen LogP contribution in [0.5, 0.6) is 0 Å². The van der Waals surface area contributed by atoms with Crippen molar-refractivity contribution >= 4 is 23.6 Å². The maximum atomic E-state index is 12.7. The van der Waals surface area contributed by atoms with E-state index < -0.39 is 17.9 Å². The van der Waals surface area contributed by atoms with Crippen LogP contribution in [0.2, 0.25) is 0 Å². The minimum Gasteiger partial charge on any atom is -0.475 e. The number of furan rings is 1. The van der Waals surface area contributed by atoms with Gasteiger partial charge in [0.15, 0.2) is 5.76 Å². The predicted octanol–water partition coefficient (Wildman–Crippen LogP) is 0.945. The normalized spacial score (nSPS) is 17.6. The van der Waals surface area contributed by atoms with E-state index in [-0.39, 0.29) is 17.4 Å². The summed E-state index contributed by atoms with van der Waals surface area (Å²) in [5.41, 5.74) is 0.799. The largest absolute Gasteiger partial charge is 0.475 e. The summed E-state index contributed by atoms with van der Waals surface area (Å²) in [6.45, 7) is 2.39. The molecule has 9 nitrogen and oxygen atoms in total. The summed E-state index contributed by atoms with van der Waals surface area (Å²) in [6.07, 6.45) is 1.23. The summed E-state index contributed by atoms with van der Waals surface area (Å²) in [5, 5.41) is 15.7. The number of rotatable bonds is 4. The van der Waals surface area contributed by atoms with Crippen LogP contribution in [0, 0.1) is 6.92 Å². The van der Waals surface area contributed by atoms with Crippen molar-refractivity contribution in [1.82, 2.24) is 15.1 Å². The summed E-state index contributed by atoms with van der Waals surface area (Å²) in [6, 6.07) is 3.59. The van der Waals surface area contributed by atoms with Crippen LogP contribution < -0.4 is 10.2 Å². The number of nitrogens with zero attached hydrogens (tertiary/aromatic N) is 3. The van der Waals surface area contributed by atoms with Gasteiger partial charge in [-0.15, -0.1) is 0 Å². The van der Waals surface area contributed by atoms with E-state index >= 15 is 0 Å². The number of nitrogens with one attached hydrogen (secondary N) is 1. The predicted molar refractivity (Wildman–Crippen MR) is 86.5 cm³/mol. The van der Waals surface area contributed by atoms with E-state index in [0.717, 1.165) is 12.1 Å². The number of carboxylic acid groups (broad SMARTS) is 1. The van der Waals surface area contributed by atoms with Crippen LogP contribution in [0.1, 0.15) is 39.6 Å². The number of carboxylic acids is 1. The van der Waals surface area contributed by atoms with Crippen LogP contribution in [0.15, 0.2) is 22.6 Å². The highest BCUT2D eigenvalue weighted by Gasteiger charge is 2.33. The SMILES string of the molecule is Cc1cc(N2CCCC(NC(=O)c3ccc(C(=O)O)o3)C2=O)n(C)n1. The lowest BCUT2D eigenvalue weighted by Gasteiger charge is -2.32. The first-order valence-electron chi connectivity index (χ1n) is 7.83. The Labute approximate surface area is 143 Å². The van der Waals surface area contributed by atoms with Crippen LogP contribution in [0.3, 0.4) is 0 Å². The van der Waals surface area contributed by atoms with Gasteiger partial charge in [0.05, 0.1) is 5.69 Å². The molecule has 0 saturated carbocycles. The Morgan fingerprint density at radius 1 is 1.36 bits per heavy atom. The lowest BCUT2D eigenvalue weighted by molar-refractivity contribution is -0.121. The summed E-state index contributed by atoms with van der Waals surface area (Å²) in [4.78, 5) is 37.4. The van der Waals surface area contributed by atoms with Crippen molar-refractivity contribution in [3.8, 4) is 0 Å². The van der Waals surface area contributed by atoms with Crippen LogP contribution in [0.25, 0.3) is 0 Å². The van der Waals surface area contributed by atoms with Gasteiger partial charge in [-0.25, -0.2) is 4.79 Å². The number of amides is 2. The standard InChI is InChI=1S/C16H18N4O5/c1-9-8-13(19(2)18-9)20-7-3-4-10(15(20)22)17-14(21)11-5-6-12(25-11)16(23)24/h5-6,8,10H,3-4,7H2,1-2H3,(H,17,21)(H,23,24). The first-order valence-corrected chi connectivity index (χ1v) is 7.83. The van der Waals surface area contributed by atoms with Gasteiger partial charge in [0.25, 0.3) is 11.8 Å². The van der Waals surface area contributed by atoms with E-state index in [1.165, 1.54) is 12.1 Å². The topological polar surface area (TPSA) is 118 Å². The van der Waals surface area contributed by atoms with Gasteiger partial charge < -0.3 is 14.8 Å². The quantitative estimate of drug-likeness (QED) is 0.851. The number of aryl methyl sites for hydroxylation is 2. The number of aromatic nitrogens is 2. The summed E-state index contributed by atoms with van der Waals surface area (Å²) < 4.78 is 6.60. The molecule has 2 aromatic heterocycles. The van der Waals surface area contributed by atoms with Gasteiger partial charge in [-0.05, 0) is 31.9 Å². The average molecular weight is 346 g/mol. The molecular weight excluding hydrogens is 328 g/mol. The maximum Gasteiger partial charge on any atom is 0.371 e. The third kappa shape index (κ3) is 3.25. The van der Waals surface area contributed by atoms with E-state index in [0.29, 0.717) is 18.8 Å². The highest BCUT2D eigenvalue weighted by atomic mass is 16.4. The smallest absolute Gasteiger partial charge is 0.371 e. The van der Waals surface area contributed by atoms with Gasteiger partial charge in [-0.1, -0.05) is 0 Å². The number of carbonyl (C=O) groups excluding carboxylic acids is 2. The van der Waals surface area contributed by atoms with E-state index in [2.05, 4.69) is 10.4 Å². The molecule has 1 aliphatic rings. The van der Waals surface area contributed by atoms with Crippen LogP contribution >= 0.6 is 0 Å². The number of hydrogen-bond donors (Lipinski definition) is 2. The molecule has 0 bridgehead atoms. The monoisotopic (exact) mass is 346 g/mol. The Balaban J connectivity index is 1.73. The molecule has 9 heteroatoms. The molecule has 3 rings (SSSR count). The van der Waals surface area contributed by atoms with Crippen LogP contribution in [-0.4, -0.2) is 45.3 Å². The Morgan fingerprint density at radius 2 is 2.08 bits per heavy atom. The zero-order chi connectivity index (χ0) is 18.1. The fourth-order valence-corrected chi connectivity index (χ4v) is 2.89. The molecule has 0 aromatic carbocycles. The molecule has 0 spiro atoms. The van der Waals surface area contributed by atoms with Gasteiger partial charge in [-0.3, -0.25) is 19.2 Å². The Hall–Kier alpha value is -3.10. The van der Waals surface area contributed by atoms with Gasteiger partial charge in [0.2, 0.25) is 5.76 Å². The maximum absolute atomic E-state index is 12.7. The fourth-order valence-electron chi connectivity index (χ4n) is 2.89. The van der Waals surface area contributed by atoms with Gasteiger partial charge in [0, 0.05) is 19.7 Å². The molecule has 1 aliphatic heterocycles. The number of carbonyl (C=O) groups is 3. The molecule has 1 fully saturated rings. The third-order valence-electron chi connectivity index (χ3n) is 4.04. The molecule has 132 valence electrons. The van der Waals surface area contributed by atoms with Crippen LogP contribution in [-0.2, 0) is 11.8 Å². The summed E-state index contributed by atoms with van der Waals surface area (Å²) in [5.74, 6) is -1.90. The van der Waals surface area contributed by atoms with Crippen molar-refractivity contribution in [1.29, 1.82) is 0 Å². The Bertz CT molecular complexity index is 837. The van der Waals surface area contributed by atoms with E-state index in [4.69, 9.17) is 9.52 Å². The molecule has 1 atom stereocenters. The molecule has 2 amide bonds. The van der Waals surface area contributed by atoms with Crippen molar-refractivity contribution in [3.63, 3.8) is 0 Å². The summed E-state index contributed by atoms with van der Waals surface area (Å²) in [7, 11) is 1.76. The van der Waals surface area contributed by atoms with Crippen molar-refractivity contribution in [2.24, 2.45) is 7.05 Å². The van der Waals surface area contributed by atoms with Crippen molar-refractivity contribution < 1.29 is 23.9 Å². The van der Waals surface area contributed by atoms with E-state index in [1.54, 1.807) is 16.6 Å². The van der Waals surface area contributed by atoms with Crippen molar-refractivity contribution in [3.05, 3.63) is 35.4 Å². The molecule has 1 unspecified atom stereocenters. The molecule has 25 heavy (non-hydrogen) atoms. The Morgan fingerprint density at radius 3 is 2.68 bits per heavy atom. The minimum atomic E-state index is -1.26. The molecule has 2 aromatic rings. The van der Waals surface area contributed by atoms with Crippen molar-refractivity contribution in [2.45, 2.75) is 25.8 Å². The van der Waals surface area contributed by atoms with Gasteiger partial charge >= 0.3 is 5.97 Å². The highest BCUT2D eigenvalue weighted by molar-refractivity contribution is 6.02. The lowest BCUT2D eigenvalue weighted by atomic mass is 10.0. The molecule has 1 saturated heterocycles. The van der Waals surface area contributed by atoms with E-state index in [1.807, 2.05) is 13.0 Å². The second-order valence-electron chi connectivity index (χ2n) is 5.89. The first kappa shape index (κ1) is 16.7. The third-order valence-corrected chi connectivity index (χ3v) is 4.04.